The van der Waals surface area contributed by atoms with Crippen molar-refractivity contribution in [3.8, 4) is 5.75 Å². The van der Waals surface area contributed by atoms with E-state index in [2.05, 4.69) is 12.2 Å². The maximum atomic E-state index is 13.5. The summed E-state index contributed by atoms with van der Waals surface area (Å²) in [6.07, 6.45) is 6.47. The Morgan fingerprint density at radius 3 is 2.66 bits per heavy atom. The highest BCUT2D eigenvalue weighted by atomic mass is 32.2. The molecule has 3 aromatic rings. The molecular weight excluding hydrogens is 480 g/mol. The largest absolute Gasteiger partial charge is 0.497 e. The zero-order chi connectivity index (χ0) is 24.9. The second kappa shape index (κ2) is 11.0. The third kappa shape index (κ3) is 5.41. The summed E-state index contributed by atoms with van der Waals surface area (Å²) in [5.41, 5.74) is 2.56. The van der Waals surface area contributed by atoms with Gasteiger partial charge in [0.05, 0.1) is 24.1 Å². The number of aryl methyl sites for hydroxylation is 1. The summed E-state index contributed by atoms with van der Waals surface area (Å²) in [6, 6.07) is 11.2. The molecule has 1 aliphatic rings. The first-order chi connectivity index (χ1) is 16.9. The number of methoxy groups -OCH3 is 1. The van der Waals surface area contributed by atoms with E-state index in [-0.39, 0.29) is 11.5 Å². The molecule has 35 heavy (non-hydrogen) atoms. The summed E-state index contributed by atoms with van der Waals surface area (Å²) in [5.74, 6) is 1.01. The number of carbonyl (C=O) groups excluding carboxylic acids is 1. The van der Waals surface area contributed by atoms with Crippen LogP contribution in [0.25, 0.3) is 11.7 Å². The molecule has 0 bridgehead atoms. The number of anilines is 1. The van der Waals surface area contributed by atoms with Crippen molar-refractivity contribution in [2.24, 2.45) is 0 Å². The minimum absolute atomic E-state index is 0.221. The highest BCUT2D eigenvalue weighted by Gasteiger charge is 2.32. The van der Waals surface area contributed by atoms with Crippen molar-refractivity contribution in [3.05, 3.63) is 74.5 Å². The number of nitrogens with zero attached hydrogens (tertiary/aromatic N) is 3. The molecule has 0 spiro atoms. The molecule has 0 radical (unpaired) electrons. The summed E-state index contributed by atoms with van der Waals surface area (Å²) in [6.45, 7) is 5.11. The molecule has 0 aliphatic carbocycles. The van der Waals surface area contributed by atoms with Gasteiger partial charge in [-0.2, -0.15) is 0 Å². The Morgan fingerprint density at radius 1 is 1.17 bits per heavy atom. The number of nitrogens with one attached hydrogen (secondary N) is 1. The second-order valence-electron chi connectivity index (χ2n) is 8.31. The van der Waals surface area contributed by atoms with Crippen LogP contribution < -0.4 is 15.6 Å². The lowest BCUT2D eigenvalue weighted by Gasteiger charge is -2.15. The number of amides is 1. The standard InChI is InChI=1S/C26H28N4O3S2/c1-4-5-6-13-27-22-20(24(31)29-14-7-8-17(2)23(29)28-22)15-21-25(32)30(26(34)35-21)16-18-9-11-19(33-3)12-10-18/h7-12,14-15,27H,4-6,13,16H2,1-3H3. The van der Waals surface area contributed by atoms with Gasteiger partial charge in [-0.3, -0.25) is 18.9 Å². The van der Waals surface area contributed by atoms with Crippen LogP contribution >= 0.6 is 24.0 Å². The SMILES string of the molecule is CCCCCNc1nc2c(C)cccn2c(=O)c1C=C1SC(=S)N(Cc2ccc(OC)cc2)C1=O. The summed E-state index contributed by atoms with van der Waals surface area (Å²) in [4.78, 5) is 33.4. The fourth-order valence-electron chi connectivity index (χ4n) is 3.84. The first kappa shape index (κ1) is 24.9. The summed E-state index contributed by atoms with van der Waals surface area (Å²) in [5, 5.41) is 3.32. The molecule has 7 nitrogen and oxygen atoms in total. The van der Waals surface area contributed by atoms with Crippen LogP contribution in [0.1, 0.15) is 42.9 Å². The summed E-state index contributed by atoms with van der Waals surface area (Å²) < 4.78 is 7.19. The smallest absolute Gasteiger partial charge is 0.267 e. The minimum Gasteiger partial charge on any atom is -0.497 e. The van der Waals surface area contributed by atoms with Gasteiger partial charge in [-0.15, -0.1) is 0 Å². The van der Waals surface area contributed by atoms with Crippen LogP contribution in [0.5, 0.6) is 5.75 Å². The number of benzene rings is 1. The molecule has 3 heterocycles. The Balaban J connectivity index is 1.68. The Kier molecular flexibility index (Phi) is 7.87. The topological polar surface area (TPSA) is 75.9 Å². The molecule has 0 atom stereocenters. The number of unbranched alkanes of at least 4 members (excludes halogenated alkanes) is 2. The molecular formula is C26H28N4O3S2. The van der Waals surface area contributed by atoms with Crippen LogP contribution in [0, 0.1) is 6.92 Å². The number of ether oxygens (including phenoxy) is 1. The van der Waals surface area contributed by atoms with Gasteiger partial charge < -0.3 is 10.1 Å². The third-order valence-corrected chi connectivity index (χ3v) is 7.18. The van der Waals surface area contributed by atoms with E-state index in [0.717, 1.165) is 36.1 Å². The lowest BCUT2D eigenvalue weighted by atomic mass is 10.2. The predicted octanol–water partition coefficient (Wildman–Crippen LogP) is 5.02. The molecule has 4 rings (SSSR count). The Labute approximate surface area is 214 Å². The summed E-state index contributed by atoms with van der Waals surface area (Å²) >= 11 is 6.71. The minimum atomic E-state index is -0.225. The van der Waals surface area contributed by atoms with Gasteiger partial charge in [0.15, 0.2) is 0 Å². The van der Waals surface area contributed by atoms with E-state index in [9.17, 15) is 9.59 Å². The van der Waals surface area contributed by atoms with E-state index in [0.29, 0.717) is 39.3 Å². The maximum absolute atomic E-state index is 13.5. The van der Waals surface area contributed by atoms with E-state index in [4.69, 9.17) is 21.9 Å². The number of hydrogen-bond donors (Lipinski definition) is 1. The fourth-order valence-corrected chi connectivity index (χ4v) is 5.08. The van der Waals surface area contributed by atoms with Gasteiger partial charge in [0.1, 0.15) is 21.5 Å². The van der Waals surface area contributed by atoms with Crippen LogP contribution in [-0.2, 0) is 11.3 Å². The average molecular weight is 509 g/mol. The Bertz CT molecular complexity index is 1350. The van der Waals surface area contributed by atoms with Crippen molar-refractivity contribution in [1.82, 2.24) is 14.3 Å². The van der Waals surface area contributed by atoms with E-state index < -0.39 is 0 Å². The molecule has 1 N–H and O–H groups in total. The van der Waals surface area contributed by atoms with E-state index >= 15 is 0 Å². The van der Waals surface area contributed by atoms with Gasteiger partial charge in [-0.05, 0) is 48.7 Å². The molecule has 1 aromatic carbocycles. The predicted molar refractivity (Wildman–Crippen MR) is 146 cm³/mol. The lowest BCUT2D eigenvalue weighted by Crippen LogP contribution is -2.27. The van der Waals surface area contributed by atoms with E-state index in [1.807, 2.05) is 43.3 Å². The monoisotopic (exact) mass is 508 g/mol. The highest BCUT2D eigenvalue weighted by Crippen LogP contribution is 2.34. The van der Waals surface area contributed by atoms with Gasteiger partial charge >= 0.3 is 0 Å². The van der Waals surface area contributed by atoms with Gasteiger partial charge in [0.2, 0.25) is 0 Å². The van der Waals surface area contributed by atoms with Crippen LogP contribution in [0.3, 0.4) is 0 Å². The highest BCUT2D eigenvalue weighted by molar-refractivity contribution is 8.26. The molecule has 1 amide bonds. The van der Waals surface area contributed by atoms with Crippen molar-refractivity contribution < 1.29 is 9.53 Å². The fraction of sp³-hybridized carbons (Fsp3) is 0.308. The Hall–Kier alpha value is -3.17. The third-order valence-electron chi connectivity index (χ3n) is 5.81. The number of pyridine rings is 1. The average Bonchev–Trinajstić information content (AvgIpc) is 3.12. The second-order valence-corrected chi connectivity index (χ2v) is 9.99. The van der Waals surface area contributed by atoms with Gasteiger partial charge in [0, 0.05) is 12.7 Å². The zero-order valence-corrected chi connectivity index (χ0v) is 21.7. The molecule has 0 unspecified atom stereocenters. The van der Waals surface area contributed by atoms with Crippen LogP contribution in [-0.4, -0.2) is 38.2 Å². The van der Waals surface area contributed by atoms with Crippen molar-refractivity contribution in [2.45, 2.75) is 39.7 Å². The molecule has 2 aromatic heterocycles. The van der Waals surface area contributed by atoms with E-state index in [1.165, 1.54) is 16.2 Å². The van der Waals surface area contributed by atoms with Crippen LogP contribution in [0.2, 0.25) is 0 Å². The Morgan fingerprint density at radius 2 is 1.94 bits per heavy atom. The first-order valence-corrected chi connectivity index (χ1v) is 12.8. The molecule has 1 fully saturated rings. The zero-order valence-electron chi connectivity index (χ0n) is 20.0. The number of thioether (sulfide) groups is 1. The van der Waals surface area contributed by atoms with Crippen molar-refractivity contribution >= 4 is 51.7 Å². The lowest BCUT2D eigenvalue weighted by molar-refractivity contribution is -0.122. The van der Waals surface area contributed by atoms with Crippen molar-refractivity contribution in [1.29, 1.82) is 0 Å². The number of thiocarbonyl (C=S) groups is 1. The molecule has 182 valence electrons. The van der Waals surface area contributed by atoms with Crippen LogP contribution in [0.4, 0.5) is 5.82 Å². The van der Waals surface area contributed by atoms with Gasteiger partial charge in [0.25, 0.3) is 11.5 Å². The van der Waals surface area contributed by atoms with Gasteiger partial charge in [-0.25, -0.2) is 4.98 Å². The molecule has 1 aliphatic heterocycles. The normalized spacial score (nSPS) is 14.8. The number of fused-ring (bicyclic) bond motifs is 1. The first-order valence-electron chi connectivity index (χ1n) is 11.6. The molecule has 9 heteroatoms. The number of aromatic nitrogens is 2. The summed E-state index contributed by atoms with van der Waals surface area (Å²) in [7, 11) is 1.61. The quantitative estimate of drug-likeness (QED) is 0.247. The molecule has 0 saturated carbocycles. The number of rotatable bonds is 9. The van der Waals surface area contributed by atoms with Crippen LogP contribution in [0.15, 0.2) is 52.3 Å². The maximum Gasteiger partial charge on any atom is 0.267 e. The number of carbonyl (C=O) groups is 1. The van der Waals surface area contributed by atoms with E-state index in [1.54, 1.807) is 24.3 Å². The van der Waals surface area contributed by atoms with Crippen molar-refractivity contribution in [3.63, 3.8) is 0 Å². The number of hydrogen-bond acceptors (Lipinski definition) is 7. The van der Waals surface area contributed by atoms with Crippen molar-refractivity contribution in [2.75, 3.05) is 19.0 Å². The molecule has 1 saturated heterocycles. The van der Waals surface area contributed by atoms with Gasteiger partial charge in [-0.1, -0.05) is 61.9 Å².